The molecule has 5 nitrogen and oxygen atoms in total. The third kappa shape index (κ3) is 3.17. The van der Waals surface area contributed by atoms with Gasteiger partial charge in [0.25, 0.3) is 5.91 Å². The number of nitrogens with two attached hydrogens (primary N) is 1. The average Bonchev–Trinajstić information content (AvgIpc) is 2.49. The Bertz CT molecular complexity index is 561. The molecular weight excluding hydrogens is 266 g/mol. The molecule has 0 radical (unpaired) electrons. The van der Waals surface area contributed by atoms with Gasteiger partial charge in [0.15, 0.2) is 0 Å². The second kappa shape index (κ2) is 6.16. The largest absolute Gasteiger partial charge is 0.398 e. The van der Waals surface area contributed by atoms with Crippen LogP contribution in [0.3, 0.4) is 0 Å². The molecule has 0 spiro atoms. The number of likely N-dealkylation sites (tertiary alicyclic amines) is 1. The van der Waals surface area contributed by atoms with E-state index in [-0.39, 0.29) is 17.7 Å². The fraction of sp³-hybridized carbons (Fsp3) is 0.500. The SMILES string of the molecule is CNC(=O)C1CCN(C(=O)c2cc(N)c(C)cc2C)CC1. The van der Waals surface area contributed by atoms with Gasteiger partial charge in [-0.25, -0.2) is 0 Å². The number of carbonyl (C=O) groups excluding carboxylic acids is 2. The van der Waals surface area contributed by atoms with Gasteiger partial charge >= 0.3 is 0 Å². The first-order valence-electron chi connectivity index (χ1n) is 7.31. The lowest BCUT2D eigenvalue weighted by molar-refractivity contribution is -0.125. The van der Waals surface area contributed by atoms with Crippen molar-refractivity contribution in [2.75, 3.05) is 25.9 Å². The van der Waals surface area contributed by atoms with Gasteiger partial charge in [0.1, 0.15) is 0 Å². The summed E-state index contributed by atoms with van der Waals surface area (Å²) in [7, 11) is 1.65. The third-order valence-electron chi connectivity index (χ3n) is 4.24. The molecule has 0 bridgehead atoms. The van der Waals surface area contributed by atoms with Crippen LogP contribution < -0.4 is 11.1 Å². The van der Waals surface area contributed by atoms with Gasteiger partial charge in [0, 0.05) is 37.3 Å². The number of nitrogens with one attached hydrogen (secondary N) is 1. The van der Waals surface area contributed by atoms with Gasteiger partial charge < -0.3 is 16.0 Å². The molecule has 1 saturated heterocycles. The number of amides is 2. The molecular formula is C16H23N3O2. The van der Waals surface area contributed by atoms with Crippen molar-refractivity contribution in [3.8, 4) is 0 Å². The zero-order valence-electron chi connectivity index (χ0n) is 12.9. The normalized spacial score (nSPS) is 15.9. The minimum atomic E-state index is 0.00885. The van der Waals surface area contributed by atoms with Crippen molar-refractivity contribution >= 4 is 17.5 Å². The molecule has 0 aromatic heterocycles. The molecule has 0 atom stereocenters. The van der Waals surface area contributed by atoms with Gasteiger partial charge in [-0.15, -0.1) is 0 Å². The van der Waals surface area contributed by atoms with Crippen molar-refractivity contribution in [2.24, 2.45) is 5.92 Å². The highest BCUT2D eigenvalue weighted by molar-refractivity contribution is 5.97. The maximum atomic E-state index is 12.6. The summed E-state index contributed by atoms with van der Waals surface area (Å²) in [5, 5.41) is 2.67. The summed E-state index contributed by atoms with van der Waals surface area (Å²) in [5.41, 5.74) is 9.15. The Labute approximate surface area is 125 Å². The van der Waals surface area contributed by atoms with Gasteiger partial charge in [-0.3, -0.25) is 9.59 Å². The Kier molecular flexibility index (Phi) is 4.50. The predicted molar refractivity (Wildman–Crippen MR) is 83.0 cm³/mol. The molecule has 1 aliphatic rings. The van der Waals surface area contributed by atoms with Crippen LogP contribution in [-0.2, 0) is 4.79 Å². The van der Waals surface area contributed by atoms with E-state index in [0.29, 0.717) is 37.2 Å². The molecule has 0 aliphatic carbocycles. The lowest BCUT2D eigenvalue weighted by atomic mass is 9.95. The van der Waals surface area contributed by atoms with Crippen LogP contribution in [0.25, 0.3) is 0 Å². The van der Waals surface area contributed by atoms with Crippen molar-refractivity contribution < 1.29 is 9.59 Å². The highest BCUT2D eigenvalue weighted by Gasteiger charge is 2.27. The van der Waals surface area contributed by atoms with Crippen LogP contribution in [0.4, 0.5) is 5.69 Å². The van der Waals surface area contributed by atoms with E-state index in [1.165, 1.54) is 0 Å². The van der Waals surface area contributed by atoms with Crippen LogP contribution >= 0.6 is 0 Å². The molecule has 1 fully saturated rings. The Morgan fingerprint density at radius 2 is 1.81 bits per heavy atom. The van der Waals surface area contributed by atoms with Gasteiger partial charge in [-0.1, -0.05) is 6.07 Å². The fourth-order valence-corrected chi connectivity index (χ4v) is 2.82. The molecule has 3 N–H and O–H groups in total. The zero-order chi connectivity index (χ0) is 15.6. The fourth-order valence-electron chi connectivity index (χ4n) is 2.82. The van der Waals surface area contributed by atoms with Crippen molar-refractivity contribution in [2.45, 2.75) is 26.7 Å². The molecule has 2 rings (SSSR count). The van der Waals surface area contributed by atoms with Crippen LogP contribution in [0.15, 0.2) is 12.1 Å². The van der Waals surface area contributed by atoms with Crippen molar-refractivity contribution in [3.05, 3.63) is 28.8 Å². The van der Waals surface area contributed by atoms with Crippen molar-refractivity contribution in [3.63, 3.8) is 0 Å². The van der Waals surface area contributed by atoms with E-state index in [0.717, 1.165) is 11.1 Å². The van der Waals surface area contributed by atoms with E-state index in [2.05, 4.69) is 5.32 Å². The molecule has 21 heavy (non-hydrogen) atoms. The summed E-state index contributed by atoms with van der Waals surface area (Å²) >= 11 is 0. The summed E-state index contributed by atoms with van der Waals surface area (Å²) in [5.74, 6) is 0.0932. The first-order valence-corrected chi connectivity index (χ1v) is 7.31. The first kappa shape index (κ1) is 15.4. The van der Waals surface area contributed by atoms with E-state index >= 15 is 0 Å². The van der Waals surface area contributed by atoms with Crippen molar-refractivity contribution in [1.29, 1.82) is 0 Å². The van der Waals surface area contributed by atoms with Gasteiger partial charge in [-0.2, -0.15) is 0 Å². The third-order valence-corrected chi connectivity index (χ3v) is 4.24. The van der Waals surface area contributed by atoms with Crippen LogP contribution in [0, 0.1) is 19.8 Å². The standard InChI is InChI=1S/C16H23N3O2/c1-10-8-11(2)14(17)9-13(10)16(21)19-6-4-12(5-7-19)15(20)18-3/h8-9,12H,4-7,17H2,1-3H3,(H,18,20). The molecule has 2 amide bonds. The number of benzene rings is 1. The number of anilines is 1. The summed E-state index contributed by atoms with van der Waals surface area (Å²) in [6.45, 7) is 5.09. The average molecular weight is 289 g/mol. The molecule has 0 unspecified atom stereocenters. The highest BCUT2D eigenvalue weighted by Crippen LogP contribution is 2.23. The molecule has 5 heteroatoms. The Morgan fingerprint density at radius 3 is 2.38 bits per heavy atom. The number of hydrogen-bond acceptors (Lipinski definition) is 3. The number of piperidine rings is 1. The molecule has 1 aromatic carbocycles. The quantitative estimate of drug-likeness (QED) is 0.810. The van der Waals surface area contributed by atoms with Crippen LogP contribution in [0.2, 0.25) is 0 Å². The topological polar surface area (TPSA) is 75.4 Å². The lowest BCUT2D eigenvalue weighted by Gasteiger charge is -2.31. The highest BCUT2D eigenvalue weighted by atomic mass is 16.2. The smallest absolute Gasteiger partial charge is 0.254 e. The van der Waals surface area contributed by atoms with E-state index < -0.39 is 0 Å². The zero-order valence-corrected chi connectivity index (χ0v) is 12.9. The van der Waals surface area contributed by atoms with E-state index in [9.17, 15) is 9.59 Å². The Morgan fingerprint density at radius 1 is 1.19 bits per heavy atom. The minimum Gasteiger partial charge on any atom is -0.398 e. The van der Waals surface area contributed by atoms with Crippen molar-refractivity contribution in [1.82, 2.24) is 10.2 Å². The summed E-state index contributed by atoms with van der Waals surface area (Å²) in [4.78, 5) is 26.0. The van der Waals surface area contributed by atoms with E-state index in [4.69, 9.17) is 5.73 Å². The molecule has 1 aromatic rings. The number of nitrogen functional groups attached to an aromatic ring is 1. The number of aryl methyl sites for hydroxylation is 2. The number of hydrogen-bond donors (Lipinski definition) is 2. The number of nitrogens with zero attached hydrogens (tertiary/aromatic N) is 1. The summed E-state index contributed by atoms with van der Waals surface area (Å²) in [6, 6.07) is 3.71. The lowest BCUT2D eigenvalue weighted by Crippen LogP contribution is -2.42. The Hall–Kier alpha value is -2.04. The second-order valence-corrected chi connectivity index (χ2v) is 5.70. The number of carbonyl (C=O) groups is 2. The number of rotatable bonds is 2. The predicted octanol–water partition coefficient (Wildman–Crippen LogP) is 1.48. The minimum absolute atomic E-state index is 0.00885. The Balaban J connectivity index is 2.09. The molecule has 1 aliphatic heterocycles. The van der Waals surface area contributed by atoms with Gasteiger partial charge in [0.2, 0.25) is 5.91 Å². The van der Waals surface area contributed by atoms with Crippen LogP contribution in [-0.4, -0.2) is 36.9 Å². The molecule has 114 valence electrons. The molecule has 1 heterocycles. The summed E-state index contributed by atoms with van der Waals surface area (Å²) < 4.78 is 0. The van der Waals surface area contributed by atoms with E-state index in [1.54, 1.807) is 13.1 Å². The van der Waals surface area contributed by atoms with E-state index in [1.807, 2.05) is 24.8 Å². The maximum Gasteiger partial charge on any atom is 0.254 e. The maximum absolute atomic E-state index is 12.6. The first-order chi connectivity index (χ1) is 9.93. The van der Waals surface area contributed by atoms with Gasteiger partial charge in [-0.05, 0) is 43.9 Å². The van der Waals surface area contributed by atoms with Crippen LogP contribution in [0.1, 0.15) is 34.3 Å². The van der Waals surface area contributed by atoms with Crippen LogP contribution in [0.5, 0.6) is 0 Å². The summed E-state index contributed by atoms with van der Waals surface area (Å²) in [6.07, 6.45) is 1.43. The van der Waals surface area contributed by atoms with Gasteiger partial charge in [0.05, 0.1) is 0 Å². The molecule has 0 saturated carbocycles. The monoisotopic (exact) mass is 289 g/mol. The second-order valence-electron chi connectivity index (χ2n) is 5.70.